The van der Waals surface area contributed by atoms with E-state index in [4.69, 9.17) is 0 Å². The van der Waals surface area contributed by atoms with Gasteiger partial charge in [0, 0.05) is 12.2 Å². The fourth-order valence-corrected chi connectivity index (χ4v) is 1.69. The topological polar surface area (TPSA) is 52.6 Å². The van der Waals surface area contributed by atoms with E-state index in [2.05, 4.69) is 36.5 Å². The minimum atomic E-state index is -0.370. The molecular formula is C20H34MgO4. The zero-order valence-corrected chi connectivity index (χ0v) is 17.5. The molecular weight excluding hydrogens is 329 g/mol. The van der Waals surface area contributed by atoms with Crippen LogP contribution >= 0.6 is 0 Å². The van der Waals surface area contributed by atoms with Gasteiger partial charge in [-0.05, 0) is 0 Å². The molecule has 0 bridgehead atoms. The van der Waals surface area contributed by atoms with E-state index >= 15 is 0 Å². The second-order valence-corrected chi connectivity index (χ2v) is 5.31. The van der Waals surface area contributed by atoms with E-state index < -0.39 is 0 Å². The molecule has 0 fully saturated rings. The van der Waals surface area contributed by atoms with Crippen LogP contribution in [0.3, 0.4) is 0 Å². The fraction of sp³-hybridized carbons (Fsp3) is 0.600. The minimum Gasteiger partial charge on any atom is -0.634 e. The van der Waals surface area contributed by atoms with Crippen LogP contribution in [0.25, 0.3) is 0 Å². The van der Waals surface area contributed by atoms with Crippen molar-refractivity contribution >= 4 is 35.0 Å². The Bertz CT molecular complexity index is 298. The third-order valence-electron chi connectivity index (χ3n) is 3.08. The molecule has 0 aromatic carbocycles. The third kappa shape index (κ3) is 28.3. The molecule has 0 aromatic heterocycles. The van der Waals surface area contributed by atoms with Crippen LogP contribution in [0.1, 0.15) is 78.1 Å². The van der Waals surface area contributed by atoms with Gasteiger partial charge >= 0.3 is 23.1 Å². The molecule has 0 N–H and O–H groups in total. The van der Waals surface area contributed by atoms with Crippen LogP contribution < -0.4 is 0 Å². The summed E-state index contributed by atoms with van der Waals surface area (Å²) in [6, 6.07) is 0. The molecule has 25 heavy (non-hydrogen) atoms. The quantitative estimate of drug-likeness (QED) is 0.138. The molecule has 0 aliphatic carbocycles. The Kier molecular flexibility index (Phi) is 29.5. The van der Waals surface area contributed by atoms with E-state index in [0.29, 0.717) is 0 Å². The van der Waals surface area contributed by atoms with Crippen LogP contribution in [0.4, 0.5) is 0 Å². The van der Waals surface area contributed by atoms with Gasteiger partial charge in [0.2, 0.25) is 0 Å². The smallest absolute Gasteiger partial charge is 0.634 e. The van der Waals surface area contributed by atoms with Crippen molar-refractivity contribution in [3.05, 3.63) is 38.5 Å². The van der Waals surface area contributed by atoms with E-state index in [-0.39, 0.29) is 35.0 Å². The number of ether oxygens (including phenoxy) is 2. The first-order chi connectivity index (χ1) is 11.6. The van der Waals surface area contributed by atoms with Gasteiger partial charge in [-0.25, -0.2) is 9.59 Å². The Labute approximate surface area is 170 Å². The van der Waals surface area contributed by atoms with Crippen LogP contribution in [0.15, 0.2) is 25.3 Å². The summed E-state index contributed by atoms with van der Waals surface area (Å²) in [5.41, 5.74) is 0. The van der Waals surface area contributed by atoms with E-state index in [1.807, 2.05) is 0 Å². The number of hydrogen-bond donors (Lipinski definition) is 0. The monoisotopic (exact) mass is 362 g/mol. The molecule has 0 atom stereocenters. The number of hydrogen-bond acceptors (Lipinski definition) is 4. The largest absolute Gasteiger partial charge is 2.00 e. The van der Waals surface area contributed by atoms with Gasteiger partial charge in [-0.2, -0.15) is 13.2 Å². The van der Waals surface area contributed by atoms with E-state index in [1.165, 1.54) is 50.7 Å². The molecule has 0 aliphatic heterocycles. The Morgan fingerprint density at radius 1 is 0.760 bits per heavy atom. The molecule has 4 nitrogen and oxygen atoms in total. The summed E-state index contributed by atoms with van der Waals surface area (Å²) in [7, 11) is 0. The van der Waals surface area contributed by atoms with Gasteiger partial charge in [-0.15, -0.1) is 12.8 Å². The van der Waals surface area contributed by atoms with Gasteiger partial charge < -0.3 is 9.47 Å². The summed E-state index contributed by atoms with van der Waals surface area (Å²) in [5, 5.41) is 0. The van der Waals surface area contributed by atoms with Crippen LogP contribution in [-0.2, 0) is 19.1 Å². The van der Waals surface area contributed by atoms with Gasteiger partial charge in [0.1, 0.15) is 0 Å². The first kappa shape index (κ1) is 29.0. The van der Waals surface area contributed by atoms with Gasteiger partial charge in [-0.1, -0.05) is 78.4 Å². The van der Waals surface area contributed by atoms with Crippen molar-refractivity contribution in [2.75, 3.05) is 0 Å². The SMILES string of the molecule is C=CC(=O)O[CH-]CCCCCC.C=CC(=O)O[CH-]CCCCCC.[Mg+2]. The van der Waals surface area contributed by atoms with Crippen LogP contribution in [0.5, 0.6) is 0 Å². The van der Waals surface area contributed by atoms with Gasteiger partial charge in [0.15, 0.2) is 0 Å². The number of carbonyl (C=O) groups excluding carboxylic acids is 2. The summed E-state index contributed by atoms with van der Waals surface area (Å²) in [4.78, 5) is 21.1. The van der Waals surface area contributed by atoms with Crippen molar-refractivity contribution in [3.63, 3.8) is 0 Å². The third-order valence-corrected chi connectivity index (χ3v) is 3.08. The van der Waals surface area contributed by atoms with Crippen LogP contribution in [0.2, 0.25) is 0 Å². The van der Waals surface area contributed by atoms with Gasteiger partial charge in [0.05, 0.1) is 0 Å². The summed E-state index contributed by atoms with van der Waals surface area (Å²) in [6.07, 6.45) is 13.6. The van der Waals surface area contributed by atoms with Crippen LogP contribution in [0, 0.1) is 13.2 Å². The molecule has 0 aliphatic rings. The number of unbranched alkanes of at least 4 members (excludes halogenated alkanes) is 8. The second-order valence-electron chi connectivity index (χ2n) is 5.31. The Morgan fingerprint density at radius 3 is 1.40 bits per heavy atom. The number of carbonyl (C=O) groups is 2. The van der Waals surface area contributed by atoms with Crippen LogP contribution in [-0.4, -0.2) is 35.0 Å². The van der Waals surface area contributed by atoms with Gasteiger partial charge in [0.25, 0.3) is 11.9 Å². The Balaban J connectivity index is -0.000000372. The molecule has 0 saturated carbocycles. The predicted molar refractivity (Wildman–Crippen MR) is 104 cm³/mol. The summed E-state index contributed by atoms with van der Waals surface area (Å²) < 4.78 is 9.38. The number of rotatable bonds is 14. The standard InChI is InChI=1S/2C10H17O2.Mg/c2*1-3-5-6-7-8-9-12-10(11)4-2;/h2*4,9H,2-3,5-8H2,1H3;/q2*-1;+2. The minimum absolute atomic E-state index is 0. The maximum atomic E-state index is 10.5. The summed E-state index contributed by atoms with van der Waals surface area (Å²) in [5.74, 6) is -0.740. The zero-order valence-electron chi connectivity index (χ0n) is 16.1. The number of esters is 2. The van der Waals surface area contributed by atoms with Crippen molar-refractivity contribution in [2.24, 2.45) is 0 Å². The average molecular weight is 363 g/mol. The molecule has 0 radical (unpaired) electrons. The molecule has 0 rings (SSSR count). The molecule has 0 unspecified atom stereocenters. The first-order valence-electron chi connectivity index (χ1n) is 8.91. The van der Waals surface area contributed by atoms with Crippen molar-refractivity contribution < 1.29 is 19.1 Å². The van der Waals surface area contributed by atoms with E-state index in [9.17, 15) is 9.59 Å². The van der Waals surface area contributed by atoms with Gasteiger partial charge in [-0.3, -0.25) is 0 Å². The fourth-order valence-electron chi connectivity index (χ4n) is 1.69. The molecule has 0 aromatic rings. The molecule has 0 spiro atoms. The van der Waals surface area contributed by atoms with Crippen molar-refractivity contribution in [3.8, 4) is 0 Å². The van der Waals surface area contributed by atoms with Crippen molar-refractivity contribution in [1.82, 2.24) is 0 Å². The average Bonchev–Trinajstić information content (AvgIpc) is 2.61. The van der Waals surface area contributed by atoms with Crippen molar-refractivity contribution in [1.29, 1.82) is 0 Å². The summed E-state index contributed by atoms with van der Waals surface area (Å²) >= 11 is 0. The maximum Gasteiger partial charge on any atom is 2.00 e. The molecule has 140 valence electrons. The van der Waals surface area contributed by atoms with Crippen molar-refractivity contribution in [2.45, 2.75) is 78.1 Å². The van der Waals surface area contributed by atoms with E-state index in [0.717, 1.165) is 25.7 Å². The molecule has 0 heterocycles. The molecule has 5 heteroatoms. The Morgan fingerprint density at radius 2 is 1.12 bits per heavy atom. The maximum absolute atomic E-state index is 10.5. The first-order valence-corrected chi connectivity index (χ1v) is 8.91. The van der Waals surface area contributed by atoms with E-state index in [1.54, 1.807) is 13.2 Å². The Hall–Kier alpha value is -0.814. The normalized spacial score (nSPS) is 9.04. The summed E-state index contributed by atoms with van der Waals surface area (Å²) in [6.45, 7) is 14.0. The molecule has 0 amide bonds. The zero-order chi connectivity index (χ0) is 18.5. The predicted octanol–water partition coefficient (Wildman–Crippen LogP) is 5.31. The molecule has 0 saturated heterocycles. The second kappa shape index (κ2) is 25.4.